The number of carbonyl (C=O) groups is 2. The molecule has 27 heavy (non-hydrogen) atoms. The predicted octanol–water partition coefficient (Wildman–Crippen LogP) is 2.94. The van der Waals surface area contributed by atoms with E-state index in [1.54, 1.807) is 24.3 Å². The molecule has 0 spiro atoms. The molecule has 1 saturated heterocycles. The summed E-state index contributed by atoms with van der Waals surface area (Å²) in [5, 5.41) is 20.5. The minimum absolute atomic E-state index is 0.0730. The number of β-amino-alcohol motifs (C(OH)–C–C–N with tert-alkyl or cyclic N) is 1. The van der Waals surface area contributed by atoms with E-state index in [1.807, 2.05) is 6.92 Å². The molecule has 2 aromatic carbocycles. The number of hydrogen-bond donors (Lipinski definition) is 2. The Labute approximate surface area is 156 Å². The summed E-state index contributed by atoms with van der Waals surface area (Å²) < 4.78 is 13.3. The molecule has 0 aromatic heterocycles. The van der Waals surface area contributed by atoms with E-state index in [0.717, 1.165) is 5.56 Å². The number of carbonyl (C=O) groups excluding carboxylic acids is 2. The van der Waals surface area contributed by atoms with E-state index in [9.17, 15) is 24.2 Å². The summed E-state index contributed by atoms with van der Waals surface area (Å²) in [4.78, 5) is 26.4. The van der Waals surface area contributed by atoms with Crippen molar-refractivity contribution in [2.75, 3.05) is 6.54 Å². The normalized spacial score (nSPS) is 20.1. The van der Waals surface area contributed by atoms with E-state index in [-0.39, 0.29) is 17.9 Å². The highest BCUT2D eigenvalue weighted by Crippen LogP contribution is 2.39. The first-order valence-electron chi connectivity index (χ1n) is 8.58. The second kappa shape index (κ2) is 7.32. The van der Waals surface area contributed by atoms with Crippen molar-refractivity contribution in [1.82, 2.24) is 4.90 Å². The van der Waals surface area contributed by atoms with Crippen LogP contribution in [0.2, 0.25) is 0 Å². The van der Waals surface area contributed by atoms with Gasteiger partial charge in [0.05, 0.1) is 17.7 Å². The average molecular weight is 369 g/mol. The number of halogens is 1. The van der Waals surface area contributed by atoms with E-state index in [2.05, 4.69) is 0 Å². The number of aryl methyl sites for hydroxylation is 1. The molecule has 0 saturated carbocycles. The average Bonchev–Trinajstić information content (AvgIpc) is 2.87. The number of ketones is 1. The summed E-state index contributed by atoms with van der Waals surface area (Å²) in [5.41, 5.74) is 1.79. The maximum absolute atomic E-state index is 13.3. The summed E-state index contributed by atoms with van der Waals surface area (Å²) in [6.07, 6.45) is -0.870. The topological polar surface area (TPSA) is 77.8 Å². The SMILES string of the molecule is Cc1ccc(C(O)=C2C(=O)C(=O)N(CC(C)O)C2c2ccc(F)cc2)cc1. The van der Waals surface area contributed by atoms with Crippen LogP contribution in [0.5, 0.6) is 0 Å². The van der Waals surface area contributed by atoms with Gasteiger partial charge in [0, 0.05) is 12.1 Å². The molecular formula is C21H20FNO4. The van der Waals surface area contributed by atoms with E-state index in [0.29, 0.717) is 11.1 Å². The lowest BCUT2D eigenvalue weighted by Crippen LogP contribution is -2.35. The summed E-state index contributed by atoms with van der Waals surface area (Å²) >= 11 is 0. The Morgan fingerprint density at radius 1 is 1.11 bits per heavy atom. The van der Waals surface area contributed by atoms with Crippen molar-refractivity contribution in [2.45, 2.75) is 26.0 Å². The van der Waals surface area contributed by atoms with Gasteiger partial charge in [0.2, 0.25) is 0 Å². The maximum atomic E-state index is 13.3. The highest BCUT2D eigenvalue weighted by atomic mass is 19.1. The smallest absolute Gasteiger partial charge is 0.295 e. The van der Waals surface area contributed by atoms with E-state index in [4.69, 9.17) is 0 Å². The van der Waals surface area contributed by atoms with Crippen molar-refractivity contribution in [3.63, 3.8) is 0 Å². The van der Waals surface area contributed by atoms with Gasteiger partial charge < -0.3 is 15.1 Å². The Morgan fingerprint density at radius 2 is 1.70 bits per heavy atom. The molecule has 1 amide bonds. The molecule has 2 N–H and O–H groups in total. The van der Waals surface area contributed by atoms with E-state index < -0.39 is 29.7 Å². The fraction of sp³-hybridized carbons (Fsp3) is 0.238. The van der Waals surface area contributed by atoms with Crippen molar-refractivity contribution in [2.24, 2.45) is 0 Å². The molecule has 1 heterocycles. The van der Waals surface area contributed by atoms with Crippen LogP contribution in [0.3, 0.4) is 0 Å². The Morgan fingerprint density at radius 3 is 2.26 bits per heavy atom. The number of nitrogens with zero attached hydrogens (tertiary/aromatic N) is 1. The molecular weight excluding hydrogens is 349 g/mol. The van der Waals surface area contributed by atoms with Gasteiger partial charge in [0.15, 0.2) is 0 Å². The molecule has 2 aromatic rings. The number of benzene rings is 2. The van der Waals surface area contributed by atoms with Crippen LogP contribution in [0.4, 0.5) is 4.39 Å². The zero-order valence-electron chi connectivity index (χ0n) is 15.0. The number of Topliss-reactive ketones (excluding diaryl/α,β-unsaturated/α-hetero) is 1. The van der Waals surface area contributed by atoms with Crippen molar-refractivity contribution >= 4 is 17.4 Å². The van der Waals surface area contributed by atoms with Gasteiger partial charge >= 0.3 is 0 Å². The standard InChI is InChI=1S/C21H20FNO4/c1-12-3-5-15(6-4-12)19(25)17-18(14-7-9-16(22)10-8-14)23(11-13(2)24)21(27)20(17)26/h3-10,13,18,24-25H,11H2,1-2H3. The van der Waals surface area contributed by atoms with Gasteiger partial charge in [-0.2, -0.15) is 0 Å². The first-order valence-corrected chi connectivity index (χ1v) is 8.58. The van der Waals surface area contributed by atoms with Crippen LogP contribution in [0, 0.1) is 12.7 Å². The number of aliphatic hydroxyl groups is 2. The molecule has 1 fully saturated rings. The van der Waals surface area contributed by atoms with Crippen LogP contribution in [-0.2, 0) is 9.59 Å². The summed E-state index contributed by atoms with van der Waals surface area (Å²) in [5.74, 6) is -2.39. The van der Waals surface area contributed by atoms with E-state index in [1.165, 1.54) is 36.1 Å². The number of amides is 1. The molecule has 6 heteroatoms. The highest BCUT2D eigenvalue weighted by molar-refractivity contribution is 6.46. The molecule has 140 valence electrons. The van der Waals surface area contributed by atoms with Crippen molar-refractivity contribution in [1.29, 1.82) is 0 Å². The monoisotopic (exact) mass is 369 g/mol. The van der Waals surface area contributed by atoms with Gasteiger partial charge in [-0.1, -0.05) is 42.0 Å². The van der Waals surface area contributed by atoms with Crippen LogP contribution in [0.1, 0.15) is 29.7 Å². The van der Waals surface area contributed by atoms with Crippen LogP contribution < -0.4 is 0 Å². The van der Waals surface area contributed by atoms with Gasteiger partial charge in [-0.05, 0) is 31.5 Å². The van der Waals surface area contributed by atoms with Crippen molar-refractivity contribution in [3.8, 4) is 0 Å². The molecule has 0 bridgehead atoms. The van der Waals surface area contributed by atoms with Gasteiger partial charge in [0.1, 0.15) is 11.6 Å². The number of likely N-dealkylation sites (tertiary alicyclic amines) is 1. The first-order chi connectivity index (χ1) is 12.8. The zero-order chi connectivity index (χ0) is 19.7. The fourth-order valence-electron chi connectivity index (χ4n) is 3.21. The van der Waals surface area contributed by atoms with Crippen molar-refractivity contribution in [3.05, 3.63) is 76.6 Å². The fourth-order valence-corrected chi connectivity index (χ4v) is 3.21. The van der Waals surface area contributed by atoms with Crippen LogP contribution in [0.25, 0.3) is 5.76 Å². The second-order valence-corrected chi connectivity index (χ2v) is 6.72. The zero-order valence-corrected chi connectivity index (χ0v) is 15.0. The third kappa shape index (κ3) is 3.61. The number of hydrogen-bond acceptors (Lipinski definition) is 4. The molecule has 2 atom stereocenters. The lowest BCUT2D eigenvalue weighted by atomic mass is 9.95. The predicted molar refractivity (Wildman–Crippen MR) is 98.3 cm³/mol. The van der Waals surface area contributed by atoms with Gasteiger partial charge in [-0.15, -0.1) is 0 Å². The first kappa shape index (κ1) is 18.8. The van der Waals surface area contributed by atoms with Crippen LogP contribution in [-0.4, -0.2) is 39.5 Å². The summed E-state index contributed by atoms with van der Waals surface area (Å²) in [7, 11) is 0. The lowest BCUT2D eigenvalue weighted by Gasteiger charge is -2.26. The minimum Gasteiger partial charge on any atom is -0.507 e. The largest absolute Gasteiger partial charge is 0.507 e. The molecule has 5 nitrogen and oxygen atoms in total. The molecule has 0 aliphatic carbocycles. The summed E-state index contributed by atoms with van der Waals surface area (Å²) in [6, 6.07) is 11.4. The highest BCUT2D eigenvalue weighted by Gasteiger charge is 2.46. The lowest BCUT2D eigenvalue weighted by molar-refractivity contribution is -0.140. The van der Waals surface area contributed by atoms with Crippen LogP contribution >= 0.6 is 0 Å². The molecule has 3 rings (SSSR count). The Hall–Kier alpha value is -2.99. The quantitative estimate of drug-likeness (QED) is 0.493. The summed E-state index contributed by atoms with van der Waals surface area (Å²) in [6.45, 7) is 3.31. The van der Waals surface area contributed by atoms with Gasteiger partial charge in [-0.25, -0.2) is 4.39 Å². The Balaban J connectivity index is 2.17. The third-order valence-corrected chi connectivity index (χ3v) is 4.51. The maximum Gasteiger partial charge on any atom is 0.295 e. The molecule has 1 aliphatic heterocycles. The minimum atomic E-state index is -0.901. The third-order valence-electron chi connectivity index (χ3n) is 4.51. The molecule has 1 aliphatic rings. The van der Waals surface area contributed by atoms with Crippen molar-refractivity contribution < 1.29 is 24.2 Å². The van der Waals surface area contributed by atoms with Gasteiger partial charge in [0.25, 0.3) is 11.7 Å². The van der Waals surface area contributed by atoms with Crippen LogP contribution in [0.15, 0.2) is 54.1 Å². The Kier molecular flexibility index (Phi) is 5.10. The number of aliphatic hydroxyl groups excluding tert-OH is 2. The number of rotatable bonds is 4. The molecule has 0 radical (unpaired) electrons. The Bertz CT molecular complexity index is 901. The van der Waals surface area contributed by atoms with E-state index >= 15 is 0 Å². The second-order valence-electron chi connectivity index (χ2n) is 6.72. The van der Waals surface area contributed by atoms with Gasteiger partial charge in [-0.3, -0.25) is 9.59 Å². The molecule has 2 unspecified atom stereocenters.